The summed E-state index contributed by atoms with van der Waals surface area (Å²) < 4.78 is 27.9. The maximum atomic E-state index is 12.3. The monoisotopic (exact) mass is 485 g/mol. The molecule has 0 aliphatic rings. The van der Waals surface area contributed by atoms with Crippen LogP contribution in [0.2, 0.25) is 5.02 Å². The van der Waals surface area contributed by atoms with Gasteiger partial charge in [0.25, 0.3) is 10.0 Å². The van der Waals surface area contributed by atoms with Crippen molar-refractivity contribution in [2.45, 2.75) is 10.2 Å². The van der Waals surface area contributed by atoms with Gasteiger partial charge in [-0.1, -0.05) is 39.7 Å². The van der Waals surface area contributed by atoms with Gasteiger partial charge in [-0.2, -0.15) is 0 Å². The van der Waals surface area contributed by atoms with E-state index in [0.29, 0.717) is 16.0 Å². The molecule has 0 fully saturated rings. The van der Waals surface area contributed by atoms with Gasteiger partial charge in [-0.15, -0.1) is 0 Å². The molecule has 0 aliphatic heterocycles. The number of anilines is 1. The third-order valence-electron chi connectivity index (χ3n) is 2.56. The SMILES string of the molecule is O=S(=O)(Nc1ccc(I)cc1Cl)c1ccc(CBr)cc1. The van der Waals surface area contributed by atoms with Gasteiger partial charge in [0.2, 0.25) is 0 Å². The Hall–Kier alpha value is -0.310. The van der Waals surface area contributed by atoms with E-state index in [-0.39, 0.29) is 4.90 Å². The van der Waals surface area contributed by atoms with Gasteiger partial charge < -0.3 is 0 Å². The van der Waals surface area contributed by atoms with Crippen LogP contribution in [0.15, 0.2) is 47.4 Å². The number of benzene rings is 2. The fraction of sp³-hybridized carbons (Fsp3) is 0.0769. The molecular formula is C13H10BrClINO2S. The molecule has 0 bridgehead atoms. The molecule has 0 saturated heterocycles. The first-order chi connectivity index (χ1) is 9.42. The highest BCUT2D eigenvalue weighted by molar-refractivity contribution is 14.1. The summed E-state index contributed by atoms with van der Waals surface area (Å²) in [4.78, 5) is 0.205. The Balaban J connectivity index is 2.30. The normalized spacial score (nSPS) is 11.3. The summed E-state index contributed by atoms with van der Waals surface area (Å²) in [5.41, 5.74) is 1.38. The first-order valence-corrected chi connectivity index (χ1v) is 9.61. The largest absolute Gasteiger partial charge is 0.278 e. The van der Waals surface area contributed by atoms with Crippen LogP contribution in [0.4, 0.5) is 5.69 Å². The van der Waals surface area contributed by atoms with Crippen LogP contribution in [0.25, 0.3) is 0 Å². The van der Waals surface area contributed by atoms with E-state index in [4.69, 9.17) is 11.6 Å². The van der Waals surface area contributed by atoms with E-state index >= 15 is 0 Å². The summed E-state index contributed by atoms with van der Waals surface area (Å²) >= 11 is 11.5. The van der Waals surface area contributed by atoms with Crippen molar-refractivity contribution in [2.24, 2.45) is 0 Å². The lowest BCUT2D eigenvalue weighted by atomic mass is 10.2. The lowest BCUT2D eigenvalue weighted by Crippen LogP contribution is -2.13. The lowest BCUT2D eigenvalue weighted by molar-refractivity contribution is 0.601. The predicted molar refractivity (Wildman–Crippen MR) is 94.1 cm³/mol. The summed E-state index contributed by atoms with van der Waals surface area (Å²) in [5.74, 6) is 0. The number of rotatable bonds is 4. The zero-order valence-corrected chi connectivity index (χ0v) is 15.4. The molecule has 2 aromatic rings. The Labute approximate surface area is 145 Å². The van der Waals surface area contributed by atoms with Crippen LogP contribution in [0.1, 0.15) is 5.56 Å². The third-order valence-corrected chi connectivity index (χ3v) is 5.58. The minimum Gasteiger partial charge on any atom is -0.278 e. The van der Waals surface area contributed by atoms with Crippen molar-refractivity contribution < 1.29 is 8.42 Å². The van der Waals surface area contributed by atoms with Crippen LogP contribution in [0.3, 0.4) is 0 Å². The van der Waals surface area contributed by atoms with Crippen molar-refractivity contribution in [1.29, 1.82) is 0 Å². The number of halogens is 3. The van der Waals surface area contributed by atoms with Gasteiger partial charge in [-0.3, -0.25) is 4.72 Å². The standard InChI is InChI=1S/C13H10BrClINO2S/c14-8-9-1-4-11(5-2-9)20(18,19)17-13-6-3-10(16)7-12(13)15/h1-7,17H,8H2. The van der Waals surface area contributed by atoms with E-state index in [0.717, 1.165) is 9.13 Å². The predicted octanol–water partition coefficient (Wildman–Crippen LogP) is 4.64. The van der Waals surface area contributed by atoms with Crippen molar-refractivity contribution in [3.05, 3.63) is 56.6 Å². The average Bonchev–Trinajstić information content (AvgIpc) is 2.42. The molecule has 7 heteroatoms. The summed E-state index contributed by atoms with van der Waals surface area (Å²) in [5, 5.41) is 1.06. The second kappa shape index (κ2) is 6.64. The minimum atomic E-state index is -3.63. The summed E-state index contributed by atoms with van der Waals surface area (Å²) in [6, 6.07) is 11.8. The first-order valence-electron chi connectivity index (χ1n) is 5.55. The second-order valence-corrected chi connectivity index (χ2v) is 7.90. The molecule has 0 heterocycles. The van der Waals surface area contributed by atoms with E-state index in [2.05, 4.69) is 43.2 Å². The van der Waals surface area contributed by atoms with Gasteiger partial charge >= 0.3 is 0 Å². The highest BCUT2D eigenvalue weighted by atomic mass is 127. The van der Waals surface area contributed by atoms with E-state index in [1.807, 2.05) is 0 Å². The molecule has 0 atom stereocenters. The molecule has 2 rings (SSSR count). The Kier molecular flexibility index (Phi) is 5.33. The number of hydrogen-bond acceptors (Lipinski definition) is 2. The van der Waals surface area contributed by atoms with E-state index in [9.17, 15) is 8.42 Å². The molecule has 0 amide bonds. The number of alkyl halides is 1. The van der Waals surface area contributed by atoms with Crippen LogP contribution in [0, 0.1) is 3.57 Å². The molecular weight excluding hydrogens is 476 g/mol. The summed E-state index contributed by atoms with van der Waals surface area (Å²) in [7, 11) is -3.63. The highest BCUT2D eigenvalue weighted by Crippen LogP contribution is 2.26. The quantitative estimate of drug-likeness (QED) is 0.506. The molecule has 20 heavy (non-hydrogen) atoms. The average molecular weight is 487 g/mol. The lowest BCUT2D eigenvalue weighted by Gasteiger charge is -2.10. The summed E-state index contributed by atoms with van der Waals surface area (Å²) in [6.45, 7) is 0. The van der Waals surface area contributed by atoms with Gasteiger partial charge in [0.1, 0.15) is 0 Å². The number of hydrogen-bond donors (Lipinski definition) is 1. The first kappa shape index (κ1) is 16.1. The molecule has 0 radical (unpaired) electrons. The van der Waals surface area contributed by atoms with Crippen LogP contribution in [0.5, 0.6) is 0 Å². The maximum absolute atomic E-state index is 12.3. The molecule has 0 unspecified atom stereocenters. The Morgan fingerprint density at radius 2 is 1.80 bits per heavy atom. The zero-order valence-electron chi connectivity index (χ0n) is 10.1. The molecule has 0 aliphatic carbocycles. The van der Waals surface area contributed by atoms with E-state index in [1.165, 1.54) is 0 Å². The molecule has 0 spiro atoms. The Morgan fingerprint density at radius 1 is 1.15 bits per heavy atom. The van der Waals surface area contributed by atoms with Gasteiger partial charge in [-0.05, 0) is 58.5 Å². The minimum absolute atomic E-state index is 0.205. The van der Waals surface area contributed by atoms with Crippen molar-refractivity contribution in [2.75, 3.05) is 4.72 Å². The van der Waals surface area contributed by atoms with Crippen molar-refractivity contribution >= 4 is 65.8 Å². The van der Waals surface area contributed by atoms with Crippen molar-refractivity contribution in [1.82, 2.24) is 0 Å². The van der Waals surface area contributed by atoms with Gasteiger partial charge in [0, 0.05) is 8.90 Å². The second-order valence-electron chi connectivity index (χ2n) is 4.01. The number of sulfonamides is 1. The Morgan fingerprint density at radius 3 is 2.35 bits per heavy atom. The molecule has 106 valence electrons. The van der Waals surface area contributed by atoms with Crippen molar-refractivity contribution in [3.8, 4) is 0 Å². The fourth-order valence-corrected chi connectivity index (χ4v) is 3.95. The smallest absolute Gasteiger partial charge is 0.261 e. The maximum Gasteiger partial charge on any atom is 0.261 e. The number of nitrogens with one attached hydrogen (secondary N) is 1. The van der Waals surface area contributed by atoms with Crippen molar-refractivity contribution in [3.63, 3.8) is 0 Å². The summed E-state index contributed by atoms with van der Waals surface area (Å²) in [6.07, 6.45) is 0. The van der Waals surface area contributed by atoms with Crippen LogP contribution >= 0.6 is 50.1 Å². The molecule has 0 saturated carbocycles. The van der Waals surface area contributed by atoms with E-state index in [1.54, 1.807) is 42.5 Å². The van der Waals surface area contributed by atoms with E-state index < -0.39 is 10.0 Å². The van der Waals surface area contributed by atoms with Gasteiger partial charge in [0.15, 0.2) is 0 Å². The third kappa shape index (κ3) is 3.87. The van der Waals surface area contributed by atoms with Crippen LogP contribution in [-0.2, 0) is 15.4 Å². The van der Waals surface area contributed by atoms with Crippen LogP contribution in [-0.4, -0.2) is 8.42 Å². The Bertz CT molecular complexity index is 720. The van der Waals surface area contributed by atoms with Gasteiger partial charge in [0.05, 0.1) is 15.6 Å². The zero-order chi connectivity index (χ0) is 14.8. The van der Waals surface area contributed by atoms with Crippen LogP contribution < -0.4 is 4.72 Å². The molecule has 0 aromatic heterocycles. The van der Waals surface area contributed by atoms with Gasteiger partial charge in [-0.25, -0.2) is 8.42 Å². The molecule has 1 N–H and O–H groups in total. The fourth-order valence-electron chi connectivity index (χ4n) is 1.53. The highest BCUT2D eigenvalue weighted by Gasteiger charge is 2.15. The molecule has 2 aromatic carbocycles. The molecule has 3 nitrogen and oxygen atoms in total. The topological polar surface area (TPSA) is 46.2 Å².